The van der Waals surface area contributed by atoms with E-state index in [1.807, 2.05) is 0 Å². The smallest absolute Gasteiger partial charge is 0.302 e. The van der Waals surface area contributed by atoms with Gasteiger partial charge in [0.05, 0.1) is 54.6 Å². The number of aromatic nitrogens is 4. The molecule has 4 heterocycles. The number of nitrogens with zero attached hydrogens (tertiary/aromatic N) is 6. The summed E-state index contributed by atoms with van der Waals surface area (Å²) in [5.41, 5.74) is 12.0. The predicted octanol–water partition coefficient (Wildman–Crippen LogP) is 2.62. The zero-order chi connectivity index (χ0) is 48.9. The quantitative estimate of drug-likeness (QED) is 0.0512. The van der Waals surface area contributed by atoms with Crippen molar-refractivity contribution in [2.24, 2.45) is 0 Å². The molecule has 7 N–H and O–H groups in total. The van der Waals surface area contributed by atoms with Gasteiger partial charge in [-0.05, 0) is 74.9 Å². The van der Waals surface area contributed by atoms with E-state index in [1.54, 1.807) is 0 Å². The largest absolute Gasteiger partial charge is 0.496 e. The summed E-state index contributed by atoms with van der Waals surface area (Å²) in [7, 11) is -4.08. The Kier molecular flexibility index (Phi) is 18.2. The molecule has 364 valence electrons. The second-order valence-electron chi connectivity index (χ2n) is 15.4. The summed E-state index contributed by atoms with van der Waals surface area (Å²) in [6, 6.07) is 7.04. The van der Waals surface area contributed by atoms with Gasteiger partial charge in [-0.3, -0.25) is 14.4 Å². The first-order valence-electron chi connectivity index (χ1n) is 21.1. The Balaban J connectivity index is 0.000000252. The Labute approximate surface area is 386 Å². The molecule has 0 spiro atoms. The third-order valence-corrected chi connectivity index (χ3v) is 14.6. The van der Waals surface area contributed by atoms with Gasteiger partial charge < -0.3 is 41.4 Å². The van der Waals surface area contributed by atoms with Crippen LogP contribution in [0.2, 0.25) is 0 Å². The van der Waals surface area contributed by atoms with Crippen LogP contribution in [-0.2, 0) is 29.6 Å². The molecule has 25 heteroatoms. The van der Waals surface area contributed by atoms with Gasteiger partial charge >= 0.3 is 5.97 Å². The summed E-state index contributed by atoms with van der Waals surface area (Å²) in [6.07, 6.45) is 5.11. The number of anilines is 4. The Bertz CT molecular complexity index is 2610. The van der Waals surface area contributed by atoms with Crippen LogP contribution < -0.4 is 31.6 Å². The molecule has 0 unspecified atom stereocenters. The molecule has 0 saturated carbocycles. The Morgan fingerprint density at radius 2 is 1.10 bits per heavy atom. The Morgan fingerprint density at radius 1 is 0.701 bits per heavy atom. The molecule has 0 aliphatic carbocycles. The SMILES string of the molecule is COc1ccc(F)cc1C(=O)c1cnc(NC2CCN(S(=O)(=O)CCCO)CC2)nc1N.COc1ccc(F)cc1C(=O)c1cnc(NC2CCN(S(=O)(=O)CCCOC(C)=O)CC2)nc1N. The number of aliphatic hydroxyl groups excluding tert-OH is 1. The van der Waals surface area contributed by atoms with Crippen LogP contribution in [-0.4, -0.2) is 145 Å². The van der Waals surface area contributed by atoms with Crippen LogP contribution in [0.25, 0.3) is 0 Å². The van der Waals surface area contributed by atoms with Crippen LogP contribution in [0.1, 0.15) is 77.3 Å². The number of aliphatic hydroxyl groups is 1. The van der Waals surface area contributed by atoms with Gasteiger partial charge in [-0.1, -0.05) is 0 Å². The van der Waals surface area contributed by atoms with E-state index in [4.69, 9.17) is 30.8 Å². The topological polar surface area (TPSA) is 302 Å². The molecule has 2 saturated heterocycles. The molecule has 0 amide bonds. The first-order chi connectivity index (χ1) is 31.8. The fourth-order valence-electron chi connectivity index (χ4n) is 7.17. The number of carbonyl (C=O) groups is 3. The van der Waals surface area contributed by atoms with E-state index in [0.717, 1.165) is 12.1 Å². The molecule has 21 nitrogen and oxygen atoms in total. The third-order valence-electron chi connectivity index (χ3n) is 10.7. The van der Waals surface area contributed by atoms with Crippen LogP contribution in [0.4, 0.5) is 32.3 Å². The number of halogens is 2. The molecule has 6 rings (SSSR count). The molecular weight excluding hydrogens is 923 g/mol. The minimum absolute atomic E-state index is 0.00458. The molecule has 0 atom stereocenters. The molecule has 2 aromatic heterocycles. The number of sulfonamides is 2. The monoisotopic (exact) mass is 976 g/mol. The van der Waals surface area contributed by atoms with Crippen molar-refractivity contribution >= 4 is 61.1 Å². The zero-order valence-corrected chi connectivity index (χ0v) is 38.7. The van der Waals surface area contributed by atoms with Crippen molar-refractivity contribution < 1.29 is 59.3 Å². The maximum Gasteiger partial charge on any atom is 0.302 e. The van der Waals surface area contributed by atoms with Gasteiger partial charge in [-0.25, -0.2) is 44.2 Å². The number of hydrogen-bond acceptors (Lipinski definition) is 19. The number of esters is 1. The fourth-order valence-corrected chi connectivity index (χ4v) is 10.2. The van der Waals surface area contributed by atoms with Gasteiger partial charge in [0.25, 0.3) is 0 Å². The van der Waals surface area contributed by atoms with Crippen LogP contribution in [0.15, 0.2) is 48.8 Å². The summed E-state index contributed by atoms with van der Waals surface area (Å²) in [6.45, 7) is 2.50. The summed E-state index contributed by atoms with van der Waals surface area (Å²) in [5, 5.41) is 15.1. The molecule has 2 fully saturated rings. The van der Waals surface area contributed by atoms with Crippen molar-refractivity contribution in [2.75, 3.05) is 87.2 Å². The maximum atomic E-state index is 13.7. The number of rotatable bonds is 19. The number of methoxy groups -OCH3 is 2. The Morgan fingerprint density at radius 3 is 1.46 bits per heavy atom. The van der Waals surface area contributed by atoms with E-state index in [1.165, 1.54) is 66.4 Å². The molecular formula is C42H54F2N10O11S2. The minimum atomic E-state index is -3.45. The maximum absolute atomic E-state index is 13.7. The van der Waals surface area contributed by atoms with Crippen molar-refractivity contribution in [3.05, 3.63) is 82.7 Å². The van der Waals surface area contributed by atoms with Crippen LogP contribution in [0, 0.1) is 11.6 Å². The number of nitrogens with two attached hydrogens (primary N) is 2. The van der Waals surface area contributed by atoms with Gasteiger partial charge in [0.15, 0.2) is 0 Å². The third kappa shape index (κ3) is 14.2. The lowest BCUT2D eigenvalue weighted by Gasteiger charge is -2.31. The van der Waals surface area contributed by atoms with Crippen molar-refractivity contribution in [1.82, 2.24) is 28.5 Å². The van der Waals surface area contributed by atoms with Gasteiger partial charge in [-0.15, -0.1) is 0 Å². The minimum Gasteiger partial charge on any atom is -0.496 e. The van der Waals surface area contributed by atoms with E-state index in [2.05, 4.69) is 30.6 Å². The summed E-state index contributed by atoms with van der Waals surface area (Å²) in [5.74, 6) is -2.25. The van der Waals surface area contributed by atoms with E-state index in [-0.39, 0.29) is 107 Å². The lowest BCUT2D eigenvalue weighted by molar-refractivity contribution is -0.140. The van der Waals surface area contributed by atoms with E-state index < -0.39 is 49.2 Å². The summed E-state index contributed by atoms with van der Waals surface area (Å²) >= 11 is 0. The average molecular weight is 977 g/mol. The van der Waals surface area contributed by atoms with Gasteiger partial charge in [0.1, 0.15) is 34.8 Å². The normalized spacial score (nSPS) is 15.2. The zero-order valence-electron chi connectivity index (χ0n) is 37.1. The van der Waals surface area contributed by atoms with Crippen LogP contribution in [0.3, 0.4) is 0 Å². The number of carbonyl (C=O) groups excluding carboxylic acids is 3. The lowest BCUT2D eigenvalue weighted by Crippen LogP contribution is -2.43. The molecule has 2 aliphatic rings. The standard InChI is InChI=1S/C22H28FN5O6S.C20H26FN5O5S/c1-14(29)34-10-3-11-35(31,32)28-8-6-16(7-9-28)26-22-25-13-18(21(24)27-22)20(30)17-12-15(23)4-5-19(17)33-2;1-31-17-4-3-13(21)11-15(17)18(28)16-12-23-20(25-19(16)22)24-14-5-7-26(8-6-14)32(29,30)10-2-9-27/h4-5,12-13,16H,3,6-11H2,1-2H3,(H3,24,25,26,27);3-4,11-12,14,27H,2,5-10H2,1H3,(H3,22,23,24,25). The van der Waals surface area contributed by atoms with Gasteiger partial charge in [0, 0.05) is 64.2 Å². The van der Waals surface area contributed by atoms with E-state index in [9.17, 15) is 40.0 Å². The highest BCUT2D eigenvalue weighted by Gasteiger charge is 2.30. The molecule has 0 bridgehead atoms. The van der Waals surface area contributed by atoms with Gasteiger partial charge in [-0.2, -0.15) is 9.97 Å². The number of hydrogen-bond donors (Lipinski definition) is 5. The highest BCUT2D eigenvalue weighted by molar-refractivity contribution is 7.89. The average Bonchev–Trinajstić information content (AvgIpc) is 3.30. The van der Waals surface area contributed by atoms with Gasteiger partial charge in [0.2, 0.25) is 43.5 Å². The molecule has 67 heavy (non-hydrogen) atoms. The number of ether oxygens (including phenoxy) is 3. The number of ketones is 2. The highest BCUT2D eigenvalue weighted by atomic mass is 32.2. The van der Waals surface area contributed by atoms with Crippen LogP contribution >= 0.6 is 0 Å². The Hall–Kier alpha value is -6.15. The molecule has 4 aromatic rings. The van der Waals surface area contributed by atoms with E-state index in [0.29, 0.717) is 51.9 Å². The van der Waals surface area contributed by atoms with Crippen LogP contribution in [0.5, 0.6) is 11.5 Å². The second kappa shape index (κ2) is 23.5. The number of nitrogen functional groups attached to an aromatic ring is 2. The highest BCUT2D eigenvalue weighted by Crippen LogP contribution is 2.27. The predicted molar refractivity (Wildman–Crippen MR) is 243 cm³/mol. The van der Waals surface area contributed by atoms with Crippen molar-refractivity contribution in [2.45, 2.75) is 57.5 Å². The number of nitrogens with one attached hydrogen (secondary N) is 2. The first kappa shape index (κ1) is 51.8. The number of benzene rings is 2. The molecule has 0 radical (unpaired) electrons. The molecule has 2 aromatic carbocycles. The molecule has 2 aliphatic heterocycles. The number of piperidine rings is 2. The van der Waals surface area contributed by atoms with Crippen molar-refractivity contribution in [3.63, 3.8) is 0 Å². The summed E-state index contributed by atoms with van der Waals surface area (Å²) < 4.78 is 94.6. The van der Waals surface area contributed by atoms with Crippen molar-refractivity contribution in [1.29, 1.82) is 0 Å². The second-order valence-corrected chi connectivity index (χ2v) is 19.5. The fraction of sp³-hybridized carbons (Fsp3) is 0.452. The lowest BCUT2D eigenvalue weighted by atomic mass is 10.0. The van der Waals surface area contributed by atoms with E-state index >= 15 is 0 Å². The summed E-state index contributed by atoms with van der Waals surface area (Å²) in [4.78, 5) is 53.0. The van der Waals surface area contributed by atoms with Crippen molar-refractivity contribution in [3.8, 4) is 11.5 Å². The first-order valence-corrected chi connectivity index (χ1v) is 24.3.